The third-order valence-corrected chi connectivity index (χ3v) is 4.97. The van der Waals surface area contributed by atoms with E-state index in [9.17, 15) is 9.90 Å². The average Bonchev–Trinajstić information content (AvgIpc) is 2.93. The smallest absolute Gasteiger partial charge is 0.283 e. The number of methoxy groups -OCH3 is 1. The summed E-state index contributed by atoms with van der Waals surface area (Å²) in [6, 6.07) is 11.9. The van der Waals surface area contributed by atoms with Crippen LogP contribution in [0.1, 0.15) is 15.2 Å². The summed E-state index contributed by atoms with van der Waals surface area (Å²) in [7, 11) is 1.59. The topological polar surface area (TPSA) is 70.9 Å². The number of amides is 1. The van der Waals surface area contributed by atoms with Gasteiger partial charge in [0.05, 0.1) is 18.3 Å². The fourth-order valence-electron chi connectivity index (χ4n) is 2.10. The van der Waals surface area contributed by atoms with Crippen LogP contribution in [0.4, 0.5) is 0 Å². The van der Waals surface area contributed by atoms with Crippen LogP contribution in [0.5, 0.6) is 11.5 Å². The summed E-state index contributed by atoms with van der Waals surface area (Å²) >= 11 is 7.57. The molecule has 7 heteroatoms. The molecule has 0 fully saturated rings. The highest BCUT2D eigenvalue weighted by Crippen LogP contribution is 2.37. The zero-order valence-corrected chi connectivity index (χ0v) is 14.2. The number of nitrogens with zero attached hydrogens (tertiary/aromatic N) is 1. The molecule has 1 aromatic heterocycles. The molecule has 0 bridgehead atoms. The Morgan fingerprint density at radius 1 is 1.29 bits per heavy atom. The van der Waals surface area contributed by atoms with Crippen molar-refractivity contribution in [1.29, 1.82) is 0 Å². The van der Waals surface area contributed by atoms with Gasteiger partial charge in [0.15, 0.2) is 0 Å². The molecule has 0 saturated carbocycles. The molecular formula is C17H13ClN2O3S. The number of hydrogen-bond donors (Lipinski definition) is 2. The molecule has 0 aliphatic rings. The number of carbonyl (C=O) groups is 1. The number of nitrogens with one attached hydrogen (secondary N) is 1. The van der Waals surface area contributed by atoms with Crippen LogP contribution in [-0.4, -0.2) is 24.3 Å². The number of rotatable bonds is 4. The largest absolute Gasteiger partial charge is 0.508 e. The molecule has 5 nitrogen and oxygen atoms in total. The van der Waals surface area contributed by atoms with Crippen LogP contribution in [-0.2, 0) is 0 Å². The molecule has 1 amide bonds. The van der Waals surface area contributed by atoms with E-state index in [0.29, 0.717) is 15.6 Å². The van der Waals surface area contributed by atoms with Gasteiger partial charge >= 0.3 is 0 Å². The summed E-state index contributed by atoms with van der Waals surface area (Å²) < 4.78 is 6.04. The summed E-state index contributed by atoms with van der Waals surface area (Å²) in [5.74, 6) is 0.497. The Morgan fingerprint density at radius 3 is 2.75 bits per heavy atom. The molecule has 2 N–H and O–H groups in total. The summed E-state index contributed by atoms with van der Waals surface area (Å²) in [4.78, 5) is 12.7. The second kappa shape index (κ2) is 6.90. The van der Waals surface area contributed by atoms with Crippen molar-refractivity contribution in [2.75, 3.05) is 7.11 Å². The highest BCUT2D eigenvalue weighted by Gasteiger charge is 2.17. The average molecular weight is 361 g/mol. The SMILES string of the molecule is COc1ccc2c(Cl)c(C(=O)NN=Cc3ccc(O)cc3)sc2c1. The number of benzene rings is 2. The fourth-order valence-corrected chi connectivity index (χ4v) is 3.53. The standard InChI is InChI=1S/C17H13ClN2O3S/c1-23-12-6-7-13-14(8-12)24-16(15(13)18)17(22)20-19-9-10-2-4-11(21)5-3-10/h2-9,21H,1H3,(H,20,22). The number of carbonyl (C=O) groups excluding carboxylic acids is 1. The number of halogens is 1. The molecular weight excluding hydrogens is 348 g/mol. The van der Waals surface area contributed by atoms with E-state index in [0.717, 1.165) is 15.6 Å². The molecule has 122 valence electrons. The van der Waals surface area contributed by atoms with E-state index >= 15 is 0 Å². The molecule has 0 saturated heterocycles. The molecule has 0 radical (unpaired) electrons. The predicted molar refractivity (Wildman–Crippen MR) is 96.6 cm³/mol. The highest BCUT2D eigenvalue weighted by atomic mass is 35.5. The van der Waals surface area contributed by atoms with Crippen molar-refractivity contribution in [3.63, 3.8) is 0 Å². The van der Waals surface area contributed by atoms with Gasteiger partial charge in [-0.2, -0.15) is 5.10 Å². The van der Waals surface area contributed by atoms with E-state index in [-0.39, 0.29) is 11.7 Å². The molecule has 1 heterocycles. The van der Waals surface area contributed by atoms with E-state index in [1.165, 1.54) is 17.6 Å². The van der Waals surface area contributed by atoms with E-state index in [1.807, 2.05) is 12.1 Å². The number of hydrogen-bond acceptors (Lipinski definition) is 5. The molecule has 2 aromatic carbocycles. The van der Waals surface area contributed by atoms with Gasteiger partial charge in [-0.15, -0.1) is 11.3 Å². The molecule has 3 rings (SSSR count). The number of ether oxygens (including phenoxy) is 1. The second-order valence-electron chi connectivity index (χ2n) is 4.90. The molecule has 0 atom stereocenters. The quantitative estimate of drug-likeness (QED) is 0.545. The Labute approximate surface area is 147 Å². The minimum Gasteiger partial charge on any atom is -0.508 e. The first kappa shape index (κ1) is 16.3. The minimum absolute atomic E-state index is 0.170. The van der Waals surface area contributed by atoms with Crippen LogP contribution in [0.3, 0.4) is 0 Å². The van der Waals surface area contributed by atoms with Crippen LogP contribution >= 0.6 is 22.9 Å². The molecule has 0 spiro atoms. The van der Waals surface area contributed by atoms with Crippen LogP contribution in [0.15, 0.2) is 47.6 Å². The van der Waals surface area contributed by atoms with Gasteiger partial charge in [-0.1, -0.05) is 11.6 Å². The molecule has 24 heavy (non-hydrogen) atoms. The fraction of sp³-hybridized carbons (Fsp3) is 0.0588. The van der Waals surface area contributed by atoms with Gasteiger partial charge in [0.2, 0.25) is 0 Å². The highest BCUT2D eigenvalue weighted by molar-refractivity contribution is 7.21. The number of hydrazone groups is 1. The van der Waals surface area contributed by atoms with E-state index in [1.54, 1.807) is 37.4 Å². The van der Waals surface area contributed by atoms with Gasteiger partial charge in [0, 0.05) is 10.1 Å². The third-order valence-electron chi connectivity index (χ3n) is 3.32. The Kier molecular flexibility index (Phi) is 4.69. The Balaban J connectivity index is 1.78. The number of phenolic OH excluding ortho intramolecular Hbond substituents is 1. The van der Waals surface area contributed by atoms with Crippen molar-refractivity contribution in [1.82, 2.24) is 5.43 Å². The normalized spacial score (nSPS) is 11.1. The lowest BCUT2D eigenvalue weighted by Gasteiger charge is -1.98. The molecule has 3 aromatic rings. The zero-order chi connectivity index (χ0) is 17.1. The van der Waals surface area contributed by atoms with Crippen molar-refractivity contribution in [2.45, 2.75) is 0 Å². The Hall–Kier alpha value is -2.57. The van der Waals surface area contributed by atoms with Crippen LogP contribution < -0.4 is 10.2 Å². The number of phenols is 1. The van der Waals surface area contributed by atoms with Gasteiger partial charge in [-0.25, -0.2) is 5.43 Å². The van der Waals surface area contributed by atoms with E-state index in [4.69, 9.17) is 16.3 Å². The zero-order valence-electron chi connectivity index (χ0n) is 12.6. The first-order chi connectivity index (χ1) is 11.6. The van der Waals surface area contributed by atoms with Crippen molar-refractivity contribution in [3.8, 4) is 11.5 Å². The van der Waals surface area contributed by atoms with Gasteiger partial charge in [0.1, 0.15) is 16.4 Å². The predicted octanol–water partition coefficient (Wildman–Crippen LogP) is 4.03. The maximum atomic E-state index is 12.3. The van der Waals surface area contributed by atoms with Crippen molar-refractivity contribution in [3.05, 3.63) is 57.9 Å². The Morgan fingerprint density at radius 2 is 2.04 bits per heavy atom. The Bertz CT molecular complexity index is 919. The van der Waals surface area contributed by atoms with Crippen molar-refractivity contribution in [2.24, 2.45) is 5.10 Å². The first-order valence-electron chi connectivity index (χ1n) is 6.97. The van der Waals surface area contributed by atoms with E-state index < -0.39 is 0 Å². The van der Waals surface area contributed by atoms with Gasteiger partial charge in [0.25, 0.3) is 5.91 Å². The molecule has 0 aliphatic heterocycles. The third kappa shape index (κ3) is 3.34. The maximum Gasteiger partial charge on any atom is 0.283 e. The summed E-state index contributed by atoms with van der Waals surface area (Å²) in [5, 5.41) is 14.3. The number of fused-ring (bicyclic) bond motifs is 1. The van der Waals surface area contributed by atoms with Crippen LogP contribution in [0.25, 0.3) is 10.1 Å². The summed E-state index contributed by atoms with van der Waals surface area (Å²) in [6.45, 7) is 0. The van der Waals surface area contributed by atoms with Crippen molar-refractivity contribution >= 4 is 45.1 Å². The summed E-state index contributed by atoms with van der Waals surface area (Å²) in [5.41, 5.74) is 3.21. The number of aromatic hydroxyl groups is 1. The van der Waals surface area contributed by atoms with Crippen LogP contribution in [0.2, 0.25) is 5.02 Å². The number of thiophene rings is 1. The van der Waals surface area contributed by atoms with Gasteiger partial charge < -0.3 is 9.84 Å². The lowest BCUT2D eigenvalue weighted by molar-refractivity contribution is 0.0959. The van der Waals surface area contributed by atoms with Gasteiger partial charge in [-0.05, 0) is 48.0 Å². The minimum atomic E-state index is -0.379. The molecule has 0 unspecified atom stereocenters. The monoisotopic (exact) mass is 360 g/mol. The molecule has 0 aliphatic carbocycles. The maximum absolute atomic E-state index is 12.3. The first-order valence-corrected chi connectivity index (χ1v) is 8.16. The second-order valence-corrected chi connectivity index (χ2v) is 6.33. The summed E-state index contributed by atoms with van der Waals surface area (Å²) in [6.07, 6.45) is 1.49. The van der Waals surface area contributed by atoms with Crippen molar-refractivity contribution < 1.29 is 14.6 Å². The van der Waals surface area contributed by atoms with E-state index in [2.05, 4.69) is 10.5 Å². The van der Waals surface area contributed by atoms with Gasteiger partial charge in [-0.3, -0.25) is 4.79 Å². The van der Waals surface area contributed by atoms with Crippen LogP contribution in [0, 0.1) is 0 Å². The lowest BCUT2D eigenvalue weighted by Crippen LogP contribution is -2.16. The lowest BCUT2D eigenvalue weighted by atomic mass is 10.2.